The van der Waals surface area contributed by atoms with Gasteiger partial charge < -0.3 is 9.84 Å². The zero-order valence-corrected chi connectivity index (χ0v) is 12.3. The number of nitro benzene ring substituents is 2. The first-order chi connectivity index (χ1) is 11.3. The van der Waals surface area contributed by atoms with Crippen LogP contribution in [0.4, 0.5) is 16.2 Å². The molecule has 1 fully saturated rings. The first-order valence-corrected chi connectivity index (χ1v) is 6.88. The number of aliphatic carboxylic acids is 1. The summed E-state index contributed by atoms with van der Waals surface area (Å²) in [5.41, 5.74) is -0.935. The summed E-state index contributed by atoms with van der Waals surface area (Å²) in [5, 5.41) is 30.6. The fourth-order valence-corrected chi connectivity index (χ4v) is 2.42. The predicted molar refractivity (Wildman–Crippen MR) is 77.3 cm³/mol. The van der Waals surface area contributed by atoms with Gasteiger partial charge in [-0.25, -0.2) is 9.59 Å². The molecule has 11 heteroatoms. The molecule has 0 saturated carbocycles. The van der Waals surface area contributed by atoms with Gasteiger partial charge in [0.05, 0.1) is 15.9 Å². The summed E-state index contributed by atoms with van der Waals surface area (Å²) in [7, 11) is 0. The topological polar surface area (TPSA) is 153 Å². The maximum Gasteiger partial charge on any atom is 0.410 e. The summed E-state index contributed by atoms with van der Waals surface area (Å²) in [4.78, 5) is 44.0. The molecule has 1 heterocycles. The maximum absolute atomic E-state index is 11.9. The van der Waals surface area contributed by atoms with Gasteiger partial charge in [0.15, 0.2) is 0 Å². The van der Waals surface area contributed by atoms with Gasteiger partial charge in [-0.1, -0.05) is 0 Å². The molecule has 128 valence electrons. The lowest BCUT2D eigenvalue weighted by molar-refractivity contribution is -0.394. The molecule has 1 aliphatic rings. The van der Waals surface area contributed by atoms with E-state index in [2.05, 4.69) is 0 Å². The third kappa shape index (κ3) is 3.74. The Hall–Kier alpha value is -3.24. The number of benzene rings is 1. The van der Waals surface area contributed by atoms with Crippen molar-refractivity contribution in [2.75, 3.05) is 6.54 Å². The second-order valence-electron chi connectivity index (χ2n) is 5.12. The minimum Gasteiger partial charge on any atom is -0.480 e. The van der Waals surface area contributed by atoms with Crippen molar-refractivity contribution in [3.05, 3.63) is 44.0 Å². The fourth-order valence-electron chi connectivity index (χ4n) is 2.42. The van der Waals surface area contributed by atoms with Gasteiger partial charge in [0.1, 0.15) is 12.6 Å². The lowest BCUT2D eigenvalue weighted by atomic mass is 10.2. The smallest absolute Gasteiger partial charge is 0.410 e. The van der Waals surface area contributed by atoms with E-state index in [1.807, 2.05) is 0 Å². The number of carbonyl (C=O) groups excluding carboxylic acids is 1. The van der Waals surface area contributed by atoms with Crippen LogP contribution in [0.15, 0.2) is 18.2 Å². The van der Waals surface area contributed by atoms with Gasteiger partial charge in [-0.15, -0.1) is 0 Å². The third-order valence-electron chi connectivity index (χ3n) is 3.52. The van der Waals surface area contributed by atoms with E-state index in [0.29, 0.717) is 12.8 Å². The highest BCUT2D eigenvalue weighted by molar-refractivity contribution is 5.80. The van der Waals surface area contributed by atoms with E-state index in [4.69, 9.17) is 9.84 Å². The Morgan fingerprint density at radius 1 is 1.21 bits per heavy atom. The molecule has 0 bridgehead atoms. The standard InChI is InChI=1S/C13H13N3O8/c17-12(18)11-2-1-3-14(11)13(19)24-7-8-4-9(15(20)21)6-10(5-8)16(22)23/h4-6,11H,1-3,7H2,(H,17,18)/t11-/m0/s1. The molecule has 1 aliphatic heterocycles. The number of hydrogen-bond donors (Lipinski definition) is 1. The van der Waals surface area contributed by atoms with Crippen LogP contribution in [-0.4, -0.2) is 44.5 Å². The largest absolute Gasteiger partial charge is 0.480 e. The number of non-ortho nitro benzene ring substituents is 2. The number of carboxylic acids is 1. The Morgan fingerprint density at radius 3 is 2.29 bits per heavy atom. The molecular weight excluding hydrogens is 326 g/mol. The second kappa shape index (κ2) is 6.89. The highest BCUT2D eigenvalue weighted by Crippen LogP contribution is 2.24. The van der Waals surface area contributed by atoms with E-state index in [-0.39, 0.29) is 12.1 Å². The Morgan fingerprint density at radius 2 is 1.79 bits per heavy atom. The lowest BCUT2D eigenvalue weighted by Gasteiger charge is -2.20. The average Bonchev–Trinajstić information content (AvgIpc) is 3.02. The van der Waals surface area contributed by atoms with Crippen LogP contribution >= 0.6 is 0 Å². The van der Waals surface area contributed by atoms with Gasteiger partial charge in [0, 0.05) is 24.2 Å². The summed E-state index contributed by atoms with van der Waals surface area (Å²) < 4.78 is 4.94. The third-order valence-corrected chi connectivity index (χ3v) is 3.52. The van der Waals surface area contributed by atoms with Crippen molar-refractivity contribution in [2.45, 2.75) is 25.5 Å². The minimum atomic E-state index is -1.14. The number of carbonyl (C=O) groups is 2. The number of nitrogens with zero attached hydrogens (tertiary/aromatic N) is 3. The lowest BCUT2D eigenvalue weighted by Crippen LogP contribution is -2.40. The number of hydrogen-bond acceptors (Lipinski definition) is 7. The van der Waals surface area contributed by atoms with E-state index in [1.54, 1.807) is 0 Å². The molecule has 1 saturated heterocycles. The van der Waals surface area contributed by atoms with Crippen LogP contribution in [0.25, 0.3) is 0 Å². The van der Waals surface area contributed by atoms with Gasteiger partial charge in [0.25, 0.3) is 11.4 Å². The minimum absolute atomic E-state index is 0.0651. The van der Waals surface area contributed by atoms with Gasteiger partial charge in [-0.05, 0) is 12.8 Å². The van der Waals surface area contributed by atoms with Crippen LogP contribution < -0.4 is 0 Å². The SMILES string of the molecule is O=C(O)[C@@H]1CCCN1C(=O)OCc1cc([N+](=O)[O-])cc([N+](=O)[O-])c1. The molecule has 0 aromatic heterocycles. The number of amides is 1. The summed E-state index contributed by atoms with van der Waals surface area (Å²) in [6, 6.07) is 1.93. The number of nitro groups is 2. The van der Waals surface area contributed by atoms with Gasteiger partial charge in [-0.2, -0.15) is 0 Å². The normalized spacial score (nSPS) is 16.7. The monoisotopic (exact) mass is 339 g/mol. The predicted octanol–water partition coefficient (Wildman–Crippen LogP) is 1.69. The van der Waals surface area contributed by atoms with Crippen molar-refractivity contribution in [2.24, 2.45) is 0 Å². The van der Waals surface area contributed by atoms with Crippen molar-refractivity contribution in [3.8, 4) is 0 Å². The Kier molecular flexibility index (Phi) is 4.92. The number of ether oxygens (including phenoxy) is 1. The molecule has 0 unspecified atom stereocenters. The number of rotatable bonds is 5. The highest BCUT2D eigenvalue weighted by Gasteiger charge is 2.35. The first kappa shape index (κ1) is 17.1. The highest BCUT2D eigenvalue weighted by atomic mass is 16.6. The summed E-state index contributed by atoms with van der Waals surface area (Å²) >= 11 is 0. The summed E-state index contributed by atoms with van der Waals surface area (Å²) in [6.45, 7) is -0.213. The molecule has 24 heavy (non-hydrogen) atoms. The van der Waals surface area contributed by atoms with Crippen LogP contribution in [0, 0.1) is 20.2 Å². The molecule has 0 radical (unpaired) electrons. The van der Waals surface area contributed by atoms with Crippen molar-refractivity contribution in [1.82, 2.24) is 4.90 Å². The molecule has 1 N–H and O–H groups in total. The number of likely N-dealkylation sites (tertiary alicyclic amines) is 1. The zero-order chi connectivity index (χ0) is 17.9. The average molecular weight is 339 g/mol. The van der Waals surface area contributed by atoms with E-state index in [9.17, 15) is 29.8 Å². The van der Waals surface area contributed by atoms with E-state index < -0.39 is 45.9 Å². The van der Waals surface area contributed by atoms with Crippen LogP contribution in [0.5, 0.6) is 0 Å². The van der Waals surface area contributed by atoms with E-state index >= 15 is 0 Å². The van der Waals surface area contributed by atoms with Gasteiger partial charge in [0.2, 0.25) is 0 Å². The quantitative estimate of drug-likeness (QED) is 0.628. The zero-order valence-electron chi connectivity index (χ0n) is 12.3. The Bertz CT molecular complexity index is 672. The van der Waals surface area contributed by atoms with Crippen molar-refractivity contribution < 1.29 is 29.3 Å². The molecular formula is C13H13N3O8. The first-order valence-electron chi connectivity index (χ1n) is 6.88. The molecule has 1 aromatic carbocycles. The molecule has 2 rings (SSSR count). The van der Waals surface area contributed by atoms with E-state index in [1.165, 1.54) is 0 Å². The number of carboxylic acid groups (broad SMARTS) is 1. The second-order valence-corrected chi connectivity index (χ2v) is 5.12. The van der Waals surface area contributed by atoms with Crippen molar-refractivity contribution >= 4 is 23.4 Å². The Labute approximate surface area is 134 Å². The molecule has 1 amide bonds. The maximum atomic E-state index is 11.9. The van der Waals surface area contributed by atoms with Crippen LogP contribution in [-0.2, 0) is 16.1 Å². The van der Waals surface area contributed by atoms with Gasteiger partial charge >= 0.3 is 12.1 Å². The van der Waals surface area contributed by atoms with Crippen LogP contribution in [0.1, 0.15) is 18.4 Å². The van der Waals surface area contributed by atoms with Crippen LogP contribution in [0.3, 0.4) is 0 Å². The Balaban J connectivity index is 2.11. The summed E-state index contributed by atoms with van der Waals surface area (Å²) in [6.07, 6.45) is -0.0461. The fraction of sp³-hybridized carbons (Fsp3) is 0.385. The molecule has 11 nitrogen and oxygen atoms in total. The van der Waals surface area contributed by atoms with Crippen LogP contribution in [0.2, 0.25) is 0 Å². The van der Waals surface area contributed by atoms with Crippen molar-refractivity contribution in [1.29, 1.82) is 0 Å². The molecule has 1 atom stereocenters. The molecule has 0 aliphatic carbocycles. The molecule has 1 aromatic rings. The van der Waals surface area contributed by atoms with E-state index in [0.717, 1.165) is 23.1 Å². The summed E-state index contributed by atoms with van der Waals surface area (Å²) in [5.74, 6) is -1.14. The van der Waals surface area contributed by atoms with Gasteiger partial charge in [-0.3, -0.25) is 25.1 Å². The molecule has 0 spiro atoms. The van der Waals surface area contributed by atoms with Crippen molar-refractivity contribution in [3.63, 3.8) is 0 Å².